The van der Waals surface area contributed by atoms with E-state index in [9.17, 15) is 14.4 Å². The molecule has 2 unspecified atom stereocenters. The largest absolute Gasteiger partial charge is 0.462 e. The van der Waals surface area contributed by atoms with Crippen molar-refractivity contribution in [2.75, 3.05) is 0 Å². The van der Waals surface area contributed by atoms with Crippen LogP contribution in [0.4, 0.5) is 0 Å². The summed E-state index contributed by atoms with van der Waals surface area (Å²) >= 11 is 0. The fraction of sp³-hybridized carbons (Fsp3) is 0.844. The number of Topliss-reactive ketones (excluding diaryl/α,β-unsaturated/α-hetero) is 1. The number of hydrogen-bond acceptors (Lipinski definition) is 4. The molecule has 0 spiro atoms. The molecule has 4 fully saturated rings. The molecule has 36 heavy (non-hydrogen) atoms. The van der Waals surface area contributed by atoms with Crippen LogP contribution in [-0.4, -0.2) is 23.6 Å². The first-order chi connectivity index (χ1) is 16.6. The lowest BCUT2D eigenvalue weighted by Gasteiger charge is -2.67. The molecule has 0 radical (unpaired) electrons. The molecular formula is C32H48O4. The van der Waals surface area contributed by atoms with Crippen LogP contribution in [0.2, 0.25) is 0 Å². The van der Waals surface area contributed by atoms with Gasteiger partial charge in [0.15, 0.2) is 5.78 Å². The van der Waals surface area contributed by atoms with E-state index in [2.05, 4.69) is 47.6 Å². The van der Waals surface area contributed by atoms with Crippen molar-refractivity contribution in [3.05, 3.63) is 11.6 Å². The molecule has 0 heterocycles. The van der Waals surface area contributed by atoms with E-state index in [1.165, 1.54) is 18.9 Å². The SMILES string of the molecule is CC(=O)O[C@H]1CC[C@]2(C)[C@H]3C(=O)C=C4C5C[C@@](C)(C(C)=O)CC[C@]5(C)CCC4[C@]3(C)CC[C@H]2C1(C)C. The van der Waals surface area contributed by atoms with Gasteiger partial charge >= 0.3 is 5.97 Å². The topological polar surface area (TPSA) is 60.4 Å². The van der Waals surface area contributed by atoms with Gasteiger partial charge < -0.3 is 4.74 Å². The van der Waals surface area contributed by atoms with Gasteiger partial charge in [-0.05, 0) is 105 Å². The first-order valence-corrected chi connectivity index (χ1v) is 14.5. The van der Waals surface area contributed by atoms with Gasteiger partial charge in [-0.3, -0.25) is 14.4 Å². The summed E-state index contributed by atoms with van der Waals surface area (Å²) in [6.07, 6.45) is 11.2. The van der Waals surface area contributed by atoms with Crippen molar-refractivity contribution in [1.29, 1.82) is 0 Å². The second-order valence-electron chi connectivity index (χ2n) is 15.2. The third-order valence-corrected chi connectivity index (χ3v) is 12.9. The predicted molar refractivity (Wildman–Crippen MR) is 141 cm³/mol. The van der Waals surface area contributed by atoms with Gasteiger partial charge in [-0.25, -0.2) is 0 Å². The molecule has 0 aromatic heterocycles. The molecular weight excluding hydrogens is 448 g/mol. The standard InChI is InChI=1S/C32H48O4/c1-19(33)30(6)16-15-29(5)12-9-22-21(23(29)18-30)17-24(35)27-31(22,7)13-10-25-28(3,4)26(36-20(2)34)11-14-32(25,27)8/h17,22-23,25-27H,9-16,18H2,1-8H3/t22?,23?,25-,26-,27-,29-,30-,31-,32-/m0/s1. The van der Waals surface area contributed by atoms with Crippen LogP contribution in [0, 0.1) is 50.7 Å². The van der Waals surface area contributed by atoms with Crippen molar-refractivity contribution in [3.8, 4) is 0 Å². The number of carbonyl (C=O) groups excluding carboxylic acids is 3. The summed E-state index contributed by atoms with van der Waals surface area (Å²) in [6.45, 7) is 17.2. The zero-order valence-electron chi connectivity index (χ0n) is 24.0. The van der Waals surface area contributed by atoms with Gasteiger partial charge in [0.2, 0.25) is 0 Å². The quantitative estimate of drug-likeness (QED) is 0.383. The molecule has 0 aliphatic heterocycles. The summed E-state index contributed by atoms with van der Waals surface area (Å²) in [6, 6.07) is 0. The van der Waals surface area contributed by atoms with E-state index in [-0.39, 0.29) is 45.1 Å². The number of rotatable bonds is 2. The molecule has 4 saturated carbocycles. The van der Waals surface area contributed by atoms with Gasteiger partial charge in [-0.15, -0.1) is 0 Å². The van der Waals surface area contributed by atoms with E-state index in [1.54, 1.807) is 6.92 Å². The number of fused-ring (bicyclic) bond motifs is 7. The zero-order chi connectivity index (χ0) is 26.5. The van der Waals surface area contributed by atoms with Crippen LogP contribution in [0.25, 0.3) is 0 Å². The number of esters is 1. The molecule has 0 amide bonds. The fourth-order valence-corrected chi connectivity index (χ4v) is 10.6. The average Bonchev–Trinajstić information content (AvgIpc) is 2.76. The smallest absolute Gasteiger partial charge is 0.302 e. The van der Waals surface area contributed by atoms with Crippen LogP contribution in [-0.2, 0) is 19.1 Å². The van der Waals surface area contributed by atoms with Crippen LogP contribution in [0.1, 0.15) is 113 Å². The van der Waals surface area contributed by atoms with Crippen LogP contribution in [0.15, 0.2) is 11.6 Å². The van der Waals surface area contributed by atoms with Crippen LogP contribution >= 0.6 is 0 Å². The van der Waals surface area contributed by atoms with Crippen LogP contribution in [0.3, 0.4) is 0 Å². The average molecular weight is 497 g/mol. The highest BCUT2D eigenvalue weighted by molar-refractivity contribution is 5.95. The molecule has 4 nitrogen and oxygen atoms in total. The maximum absolute atomic E-state index is 14.3. The number of allylic oxidation sites excluding steroid dienone is 2. The molecule has 200 valence electrons. The molecule has 5 aliphatic rings. The lowest BCUT2D eigenvalue weighted by atomic mass is 9.37. The van der Waals surface area contributed by atoms with Gasteiger partial charge in [0.25, 0.3) is 0 Å². The summed E-state index contributed by atoms with van der Waals surface area (Å²) in [4.78, 5) is 38.8. The minimum Gasteiger partial charge on any atom is -0.462 e. The van der Waals surface area contributed by atoms with Crippen LogP contribution in [0.5, 0.6) is 0 Å². The molecule has 4 heteroatoms. The summed E-state index contributed by atoms with van der Waals surface area (Å²) in [5.41, 5.74) is 1.04. The summed E-state index contributed by atoms with van der Waals surface area (Å²) < 4.78 is 5.82. The molecule has 0 N–H and O–H groups in total. The van der Waals surface area contributed by atoms with E-state index in [0.717, 1.165) is 51.4 Å². The maximum atomic E-state index is 14.3. The van der Waals surface area contributed by atoms with Crippen molar-refractivity contribution in [1.82, 2.24) is 0 Å². The Morgan fingerprint density at radius 3 is 2.14 bits per heavy atom. The molecule has 9 atom stereocenters. The van der Waals surface area contributed by atoms with E-state index in [1.807, 2.05) is 0 Å². The second kappa shape index (κ2) is 8.03. The first-order valence-electron chi connectivity index (χ1n) is 14.5. The van der Waals surface area contributed by atoms with Crippen molar-refractivity contribution >= 4 is 17.5 Å². The van der Waals surface area contributed by atoms with Gasteiger partial charge in [0, 0.05) is 23.7 Å². The lowest BCUT2D eigenvalue weighted by molar-refractivity contribution is -0.200. The first kappa shape index (κ1) is 26.2. The summed E-state index contributed by atoms with van der Waals surface area (Å²) in [7, 11) is 0. The molecule has 0 saturated heterocycles. The number of ketones is 2. The van der Waals surface area contributed by atoms with Crippen molar-refractivity contribution in [2.45, 2.75) is 119 Å². The minimum absolute atomic E-state index is 0.0159. The Morgan fingerprint density at radius 2 is 1.50 bits per heavy atom. The molecule has 0 bridgehead atoms. The van der Waals surface area contributed by atoms with E-state index in [4.69, 9.17) is 4.74 Å². The Balaban J connectivity index is 1.53. The molecule has 5 rings (SSSR count). The van der Waals surface area contributed by atoms with E-state index < -0.39 is 0 Å². The molecule has 0 aromatic carbocycles. The Morgan fingerprint density at radius 1 is 0.833 bits per heavy atom. The summed E-state index contributed by atoms with van der Waals surface area (Å²) in [5, 5.41) is 0. The van der Waals surface area contributed by atoms with Gasteiger partial charge in [0.05, 0.1) is 0 Å². The number of hydrogen-bond donors (Lipinski definition) is 0. The molecule has 0 aromatic rings. The minimum atomic E-state index is -0.267. The highest BCUT2D eigenvalue weighted by atomic mass is 16.5. The van der Waals surface area contributed by atoms with Gasteiger partial charge in [-0.1, -0.05) is 47.1 Å². The Labute approximate surface area is 218 Å². The third kappa shape index (κ3) is 3.48. The van der Waals surface area contributed by atoms with Crippen LogP contribution < -0.4 is 0 Å². The Hall–Kier alpha value is -1.45. The lowest BCUT2D eigenvalue weighted by Crippen LogP contribution is -2.64. The van der Waals surface area contributed by atoms with E-state index in [0.29, 0.717) is 29.3 Å². The maximum Gasteiger partial charge on any atom is 0.302 e. The van der Waals surface area contributed by atoms with Crippen molar-refractivity contribution in [3.63, 3.8) is 0 Å². The number of carbonyl (C=O) groups is 3. The third-order valence-electron chi connectivity index (χ3n) is 12.9. The normalized spacial score (nSPS) is 49.5. The second-order valence-corrected chi connectivity index (χ2v) is 15.2. The number of ether oxygens (including phenoxy) is 1. The highest BCUT2D eigenvalue weighted by Crippen LogP contribution is 2.71. The van der Waals surface area contributed by atoms with E-state index >= 15 is 0 Å². The van der Waals surface area contributed by atoms with Gasteiger partial charge in [0.1, 0.15) is 11.9 Å². The van der Waals surface area contributed by atoms with Crippen molar-refractivity contribution < 1.29 is 19.1 Å². The van der Waals surface area contributed by atoms with Crippen molar-refractivity contribution in [2.24, 2.45) is 50.7 Å². The Kier molecular flexibility index (Phi) is 5.83. The molecule has 5 aliphatic carbocycles. The monoisotopic (exact) mass is 496 g/mol. The summed E-state index contributed by atoms with van der Waals surface area (Å²) in [5.74, 6) is 1.57. The fourth-order valence-electron chi connectivity index (χ4n) is 10.6. The van der Waals surface area contributed by atoms with Gasteiger partial charge in [-0.2, -0.15) is 0 Å². The Bertz CT molecular complexity index is 1020. The predicted octanol–water partition coefficient (Wildman–Crippen LogP) is 7.10. The highest BCUT2D eigenvalue weighted by Gasteiger charge is 2.67. The zero-order valence-corrected chi connectivity index (χ0v) is 24.0.